The molecule has 2 aliphatic rings. The minimum atomic E-state index is 0.543. The topological polar surface area (TPSA) is 41.5 Å². The van der Waals surface area contributed by atoms with Gasteiger partial charge in [0, 0.05) is 37.2 Å². The molecule has 0 saturated carbocycles. The molecule has 1 aromatic heterocycles. The second-order valence-electron chi connectivity index (χ2n) is 6.56. The van der Waals surface area contributed by atoms with Gasteiger partial charge in [-0.15, -0.1) is 5.92 Å². The summed E-state index contributed by atoms with van der Waals surface area (Å²) in [6.07, 6.45) is 3.26. The molecule has 0 unspecified atom stereocenters. The van der Waals surface area contributed by atoms with Gasteiger partial charge in [0.25, 0.3) is 0 Å². The molecule has 3 rings (SSSR count). The van der Waals surface area contributed by atoms with E-state index < -0.39 is 0 Å². The van der Waals surface area contributed by atoms with Gasteiger partial charge in [-0.25, -0.2) is 9.97 Å². The van der Waals surface area contributed by atoms with Gasteiger partial charge in [-0.05, 0) is 32.9 Å². The van der Waals surface area contributed by atoms with Crippen LogP contribution in [0.5, 0.6) is 0 Å². The summed E-state index contributed by atoms with van der Waals surface area (Å²) in [6, 6.07) is 2.20. The van der Waals surface area contributed by atoms with Gasteiger partial charge < -0.3 is 9.64 Å². The van der Waals surface area contributed by atoms with E-state index in [2.05, 4.69) is 39.6 Å². The van der Waals surface area contributed by atoms with Crippen molar-refractivity contribution in [3.63, 3.8) is 0 Å². The molecule has 5 nitrogen and oxygen atoms in total. The number of nitrogens with zero attached hydrogens (tertiary/aromatic N) is 4. The fraction of sp³-hybridized carbons (Fsp3) is 0.684. The SMILES string of the molecule is CCC#CCN1CCC(c2cc(N3CCOCC3)nc(C)n2)CC1. The zero-order valence-corrected chi connectivity index (χ0v) is 14.9. The van der Waals surface area contributed by atoms with Crippen molar-refractivity contribution in [3.05, 3.63) is 17.6 Å². The highest BCUT2D eigenvalue weighted by atomic mass is 16.5. The maximum atomic E-state index is 5.45. The minimum Gasteiger partial charge on any atom is -0.378 e. The molecule has 130 valence electrons. The molecule has 0 spiro atoms. The van der Waals surface area contributed by atoms with Crippen LogP contribution >= 0.6 is 0 Å². The smallest absolute Gasteiger partial charge is 0.132 e. The first-order valence-electron chi connectivity index (χ1n) is 9.12. The Balaban J connectivity index is 1.63. The van der Waals surface area contributed by atoms with Gasteiger partial charge in [0.1, 0.15) is 11.6 Å². The molecular weight excluding hydrogens is 300 g/mol. The molecule has 2 fully saturated rings. The van der Waals surface area contributed by atoms with Crippen LogP contribution in [-0.2, 0) is 4.74 Å². The summed E-state index contributed by atoms with van der Waals surface area (Å²) in [7, 11) is 0. The summed E-state index contributed by atoms with van der Waals surface area (Å²) in [5, 5.41) is 0. The summed E-state index contributed by atoms with van der Waals surface area (Å²) in [4.78, 5) is 14.2. The van der Waals surface area contributed by atoms with Gasteiger partial charge in [0.15, 0.2) is 0 Å². The molecular formula is C19H28N4O. The number of aromatic nitrogens is 2. The number of piperidine rings is 1. The lowest BCUT2D eigenvalue weighted by Gasteiger charge is -2.32. The fourth-order valence-electron chi connectivity index (χ4n) is 3.42. The number of hydrogen-bond donors (Lipinski definition) is 0. The van der Waals surface area contributed by atoms with E-state index in [0.29, 0.717) is 5.92 Å². The Hall–Kier alpha value is -1.64. The van der Waals surface area contributed by atoms with Crippen molar-refractivity contribution >= 4 is 5.82 Å². The molecule has 0 radical (unpaired) electrons. The molecule has 0 atom stereocenters. The highest BCUT2D eigenvalue weighted by Gasteiger charge is 2.23. The van der Waals surface area contributed by atoms with Gasteiger partial charge in [-0.1, -0.05) is 12.8 Å². The first-order chi connectivity index (χ1) is 11.8. The van der Waals surface area contributed by atoms with Crippen molar-refractivity contribution in [2.45, 2.75) is 39.0 Å². The van der Waals surface area contributed by atoms with E-state index in [-0.39, 0.29) is 0 Å². The van der Waals surface area contributed by atoms with E-state index in [1.54, 1.807) is 0 Å². The molecule has 2 saturated heterocycles. The first-order valence-corrected chi connectivity index (χ1v) is 9.12. The molecule has 0 aromatic carbocycles. The van der Waals surface area contributed by atoms with E-state index >= 15 is 0 Å². The Morgan fingerprint density at radius 2 is 1.88 bits per heavy atom. The van der Waals surface area contributed by atoms with Gasteiger partial charge >= 0.3 is 0 Å². The minimum absolute atomic E-state index is 0.543. The lowest BCUT2D eigenvalue weighted by Crippen LogP contribution is -2.37. The maximum Gasteiger partial charge on any atom is 0.132 e. The van der Waals surface area contributed by atoms with Crippen molar-refractivity contribution in [1.29, 1.82) is 0 Å². The average molecular weight is 328 g/mol. The van der Waals surface area contributed by atoms with Crippen LogP contribution in [0.15, 0.2) is 6.07 Å². The normalized spacial score (nSPS) is 19.8. The largest absolute Gasteiger partial charge is 0.378 e. The van der Waals surface area contributed by atoms with Gasteiger partial charge in [0.2, 0.25) is 0 Å². The van der Waals surface area contributed by atoms with Crippen LogP contribution in [0.4, 0.5) is 5.82 Å². The molecule has 5 heteroatoms. The predicted molar refractivity (Wildman–Crippen MR) is 96.3 cm³/mol. The van der Waals surface area contributed by atoms with Gasteiger partial charge in [-0.3, -0.25) is 4.90 Å². The third-order valence-corrected chi connectivity index (χ3v) is 4.79. The third kappa shape index (κ3) is 4.46. The highest BCUT2D eigenvalue weighted by Crippen LogP contribution is 2.28. The highest BCUT2D eigenvalue weighted by molar-refractivity contribution is 5.41. The number of ether oxygens (including phenoxy) is 1. The van der Waals surface area contributed by atoms with E-state index in [0.717, 1.165) is 76.8 Å². The monoisotopic (exact) mass is 328 g/mol. The van der Waals surface area contributed by atoms with Crippen molar-refractivity contribution in [2.75, 3.05) is 50.8 Å². The van der Waals surface area contributed by atoms with Gasteiger partial charge in [-0.2, -0.15) is 0 Å². The lowest BCUT2D eigenvalue weighted by atomic mass is 9.93. The van der Waals surface area contributed by atoms with Crippen LogP contribution in [0.3, 0.4) is 0 Å². The Labute approximate surface area is 145 Å². The molecule has 24 heavy (non-hydrogen) atoms. The molecule has 0 amide bonds. The standard InChI is InChI=1S/C19H28N4O/c1-3-4-5-8-22-9-6-17(7-10-22)18-15-19(21-16(2)20-18)23-11-13-24-14-12-23/h15,17H,3,6-14H2,1-2H3. The number of likely N-dealkylation sites (tertiary alicyclic amines) is 1. The molecule has 2 aliphatic heterocycles. The van der Waals surface area contributed by atoms with E-state index in [9.17, 15) is 0 Å². The van der Waals surface area contributed by atoms with Crippen LogP contribution in [0.2, 0.25) is 0 Å². The van der Waals surface area contributed by atoms with E-state index in [4.69, 9.17) is 9.72 Å². The Kier molecular flexibility index (Phi) is 6.06. The molecule has 0 bridgehead atoms. The summed E-state index contributed by atoms with van der Waals surface area (Å²) in [5.41, 5.74) is 1.21. The van der Waals surface area contributed by atoms with Crippen LogP contribution in [0.1, 0.15) is 43.6 Å². The Bertz CT molecular complexity index is 593. The van der Waals surface area contributed by atoms with Crippen molar-refractivity contribution < 1.29 is 4.74 Å². The number of aryl methyl sites for hydroxylation is 1. The Morgan fingerprint density at radius 1 is 1.12 bits per heavy atom. The lowest BCUT2D eigenvalue weighted by molar-refractivity contribution is 0.122. The van der Waals surface area contributed by atoms with Crippen LogP contribution in [-0.4, -0.2) is 60.8 Å². The van der Waals surface area contributed by atoms with Crippen LogP contribution < -0.4 is 4.90 Å². The third-order valence-electron chi connectivity index (χ3n) is 4.79. The van der Waals surface area contributed by atoms with E-state index in [1.807, 2.05) is 6.92 Å². The maximum absolute atomic E-state index is 5.45. The molecule has 0 aliphatic carbocycles. The average Bonchev–Trinajstić information content (AvgIpc) is 2.63. The zero-order valence-electron chi connectivity index (χ0n) is 14.9. The number of anilines is 1. The fourth-order valence-corrected chi connectivity index (χ4v) is 3.42. The molecule has 3 heterocycles. The van der Waals surface area contributed by atoms with Crippen molar-refractivity contribution in [1.82, 2.24) is 14.9 Å². The Morgan fingerprint density at radius 3 is 2.58 bits per heavy atom. The number of morpholine rings is 1. The second-order valence-corrected chi connectivity index (χ2v) is 6.56. The number of hydrogen-bond acceptors (Lipinski definition) is 5. The van der Waals surface area contributed by atoms with E-state index in [1.165, 1.54) is 5.69 Å². The second kappa shape index (κ2) is 8.46. The first kappa shape index (κ1) is 17.2. The summed E-state index contributed by atoms with van der Waals surface area (Å²) >= 11 is 0. The predicted octanol–water partition coefficient (Wildman–Crippen LogP) is 2.21. The summed E-state index contributed by atoms with van der Waals surface area (Å²) in [5.74, 6) is 8.90. The zero-order chi connectivity index (χ0) is 16.8. The van der Waals surface area contributed by atoms with Crippen LogP contribution in [0.25, 0.3) is 0 Å². The molecule has 0 N–H and O–H groups in total. The summed E-state index contributed by atoms with van der Waals surface area (Å²) < 4.78 is 5.45. The quantitative estimate of drug-likeness (QED) is 0.796. The number of rotatable bonds is 3. The summed E-state index contributed by atoms with van der Waals surface area (Å²) in [6.45, 7) is 10.6. The van der Waals surface area contributed by atoms with Crippen LogP contribution in [0, 0.1) is 18.8 Å². The van der Waals surface area contributed by atoms with Gasteiger partial charge in [0.05, 0.1) is 19.8 Å². The van der Waals surface area contributed by atoms with Crippen molar-refractivity contribution in [3.8, 4) is 11.8 Å². The molecule has 1 aromatic rings. The van der Waals surface area contributed by atoms with Crippen molar-refractivity contribution in [2.24, 2.45) is 0 Å².